The van der Waals surface area contributed by atoms with E-state index >= 15 is 0 Å². The molecule has 8 nitrogen and oxygen atoms in total. The smallest absolute Gasteiger partial charge is 0.266 e. The summed E-state index contributed by atoms with van der Waals surface area (Å²) in [5.74, 6) is -0.700. The van der Waals surface area contributed by atoms with E-state index in [1.807, 2.05) is 0 Å². The Balaban J connectivity index is 1.90. The molecule has 2 aromatic heterocycles. The second kappa shape index (κ2) is 11.0. The van der Waals surface area contributed by atoms with Crippen LogP contribution in [0, 0.1) is 11.3 Å². The number of nitrogens with one attached hydrogen (secondary N) is 2. The largest absolute Gasteiger partial charge is 0.507 e. The molecule has 0 saturated heterocycles. The van der Waals surface area contributed by atoms with Crippen molar-refractivity contribution >= 4 is 46.3 Å². The Hall–Kier alpha value is -4.23. The molecule has 0 radical (unpaired) electrons. The number of nitrogens with two attached hydrogens (primary N) is 1. The number of amides is 2. The number of carbonyl (C=O) groups excluding carboxylic acids is 2. The Morgan fingerprint density at radius 2 is 1.86 bits per heavy atom. The van der Waals surface area contributed by atoms with Crippen molar-refractivity contribution < 1.29 is 14.7 Å². The number of carbonyl (C=O) groups is 2. The van der Waals surface area contributed by atoms with Gasteiger partial charge in [0.1, 0.15) is 17.4 Å². The number of phenolic OH excluding ortho intramolecular Hbond substituents is 1. The minimum Gasteiger partial charge on any atom is -0.507 e. The van der Waals surface area contributed by atoms with Crippen LogP contribution in [0.5, 0.6) is 5.75 Å². The minimum atomic E-state index is -0.428. The fourth-order valence-corrected chi connectivity index (χ4v) is 4.37. The Bertz CT molecular complexity index is 1480. The van der Waals surface area contributed by atoms with Gasteiger partial charge in [0.2, 0.25) is 5.91 Å². The zero-order valence-electron chi connectivity index (χ0n) is 18.8. The van der Waals surface area contributed by atoms with Gasteiger partial charge in [0.05, 0.1) is 10.6 Å². The molecule has 4 aromatic rings. The highest BCUT2D eigenvalue weighted by molar-refractivity contribution is 7.12. The molecule has 0 aliphatic heterocycles. The zero-order valence-corrected chi connectivity index (χ0v) is 20.4. The van der Waals surface area contributed by atoms with Crippen LogP contribution in [0.3, 0.4) is 0 Å². The number of hydrogen-bond donors (Lipinski definition) is 4. The number of thiophene rings is 1. The average molecular weight is 518 g/mol. The number of halogens is 1. The highest BCUT2D eigenvalue weighted by atomic mass is 35.5. The molecule has 0 bridgehead atoms. The van der Waals surface area contributed by atoms with E-state index in [4.69, 9.17) is 17.3 Å². The number of anilines is 2. The summed E-state index contributed by atoms with van der Waals surface area (Å²) >= 11 is 7.78. The van der Waals surface area contributed by atoms with Crippen LogP contribution in [0.25, 0.3) is 22.4 Å². The molecule has 2 aromatic carbocycles. The van der Waals surface area contributed by atoms with Crippen LogP contribution >= 0.6 is 22.9 Å². The van der Waals surface area contributed by atoms with Gasteiger partial charge in [-0.2, -0.15) is 5.26 Å². The highest BCUT2D eigenvalue weighted by Gasteiger charge is 2.21. The molecule has 2 heterocycles. The van der Waals surface area contributed by atoms with Gasteiger partial charge < -0.3 is 21.5 Å². The molecule has 0 fully saturated rings. The maximum Gasteiger partial charge on any atom is 0.266 e. The summed E-state index contributed by atoms with van der Waals surface area (Å²) in [7, 11) is 0. The molecule has 0 aliphatic rings. The number of hydrogen-bond acceptors (Lipinski definition) is 7. The molecule has 0 unspecified atom stereocenters. The lowest BCUT2D eigenvalue weighted by atomic mass is 9.97. The Morgan fingerprint density at radius 1 is 1.06 bits per heavy atom. The standard InChI is InChI=1S/C26H20ClN5O3S/c27-20-8-7-15(30-24(34)9-10-28)12-18(20)17-13-21(16-4-1-2-5-22(16)33)31-25(19(17)14-29)32-26(35)23-6-3-11-36-23/h1-8,11-13,33H,9-10,28H2,(H,30,34)(H,31,32,35). The number of phenols is 1. The van der Waals surface area contributed by atoms with Crippen molar-refractivity contribution in [2.24, 2.45) is 5.73 Å². The molecule has 36 heavy (non-hydrogen) atoms. The van der Waals surface area contributed by atoms with E-state index in [1.165, 1.54) is 17.4 Å². The molecular weight excluding hydrogens is 498 g/mol. The molecule has 4 rings (SSSR count). The van der Waals surface area contributed by atoms with Crippen molar-refractivity contribution in [2.75, 3.05) is 17.2 Å². The van der Waals surface area contributed by atoms with Gasteiger partial charge in [-0.1, -0.05) is 29.8 Å². The fourth-order valence-electron chi connectivity index (χ4n) is 3.53. The van der Waals surface area contributed by atoms with Crippen LogP contribution in [0.1, 0.15) is 21.7 Å². The number of benzene rings is 2. The maximum atomic E-state index is 12.8. The van der Waals surface area contributed by atoms with Crippen LogP contribution in [0.2, 0.25) is 5.02 Å². The number of aromatic nitrogens is 1. The fraction of sp³-hybridized carbons (Fsp3) is 0.0769. The third kappa shape index (κ3) is 5.37. The number of rotatable bonds is 7. The van der Waals surface area contributed by atoms with Gasteiger partial charge in [0.25, 0.3) is 5.91 Å². The first-order valence-corrected chi connectivity index (χ1v) is 12.0. The molecule has 180 valence electrons. The molecule has 0 spiro atoms. The lowest BCUT2D eigenvalue weighted by Gasteiger charge is -2.16. The first-order valence-electron chi connectivity index (χ1n) is 10.8. The van der Waals surface area contributed by atoms with E-state index in [9.17, 15) is 20.0 Å². The van der Waals surface area contributed by atoms with E-state index in [-0.39, 0.29) is 36.0 Å². The number of nitriles is 1. The van der Waals surface area contributed by atoms with Gasteiger partial charge in [-0.25, -0.2) is 4.98 Å². The summed E-state index contributed by atoms with van der Waals surface area (Å²) in [4.78, 5) is 29.8. The summed E-state index contributed by atoms with van der Waals surface area (Å²) in [5.41, 5.74) is 7.52. The third-order valence-electron chi connectivity index (χ3n) is 5.20. The molecule has 0 atom stereocenters. The van der Waals surface area contributed by atoms with Crippen LogP contribution in [0.15, 0.2) is 66.0 Å². The number of aromatic hydroxyl groups is 1. The second-order valence-corrected chi connectivity index (χ2v) is 8.98. The van der Waals surface area contributed by atoms with Gasteiger partial charge in [-0.15, -0.1) is 11.3 Å². The summed E-state index contributed by atoms with van der Waals surface area (Å²) in [5, 5.41) is 28.1. The van der Waals surface area contributed by atoms with E-state index in [1.54, 1.807) is 60.0 Å². The Labute approximate surface area is 216 Å². The van der Waals surface area contributed by atoms with Crippen LogP contribution in [-0.2, 0) is 4.79 Å². The lowest BCUT2D eigenvalue weighted by Crippen LogP contribution is -2.16. The monoisotopic (exact) mass is 517 g/mol. The molecule has 5 N–H and O–H groups in total. The van der Waals surface area contributed by atoms with Gasteiger partial charge in [-0.05, 0) is 47.8 Å². The predicted molar refractivity (Wildman–Crippen MR) is 141 cm³/mol. The highest BCUT2D eigenvalue weighted by Crippen LogP contribution is 2.39. The zero-order chi connectivity index (χ0) is 25.7. The summed E-state index contributed by atoms with van der Waals surface area (Å²) in [6.07, 6.45) is 0.146. The lowest BCUT2D eigenvalue weighted by molar-refractivity contribution is -0.116. The van der Waals surface area contributed by atoms with Crippen LogP contribution < -0.4 is 16.4 Å². The average Bonchev–Trinajstić information content (AvgIpc) is 3.40. The van der Waals surface area contributed by atoms with Crippen molar-refractivity contribution in [1.29, 1.82) is 5.26 Å². The first-order chi connectivity index (χ1) is 17.4. The molecule has 10 heteroatoms. The third-order valence-corrected chi connectivity index (χ3v) is 6.40. The summed E-state index contributed by atoms with van der Waals surface area (Å²) < 4.78 is 0. The van der Waals surface area contributed by atoms with E-state index in [2.05, 4.69) is 21.7 Å². The van der Waals surface area contributed by atoms with Gasteiger partial charge in [-0.3, -0.25) is 9.59 Å². The molecule has 2 amide bonds. The SMILES string of the molecule is N#Cc1c(-c2cc(NC(=O)CCN)ccc2Cl)cc(-c2ccccc2O)nc1NC(=O)c1cccs1. The maximum absolute atomic E-state index is 12.8. The quantitative estimate of drug-likeness (QED) is 0.264. The summed E-state index contributed by atoms with van der Waals surface area (Å²) in [6, 6.07) is 18.6. The molecule has 0 aliphatic carbocycles. The van der Waals surface area contributed by atoms with Crippen molar-refractivity contribution in [3.8, 4) is 34.2 Å². The van der Waals surface area contributed by atoms with Crippen molar-refractivity contribution in [2.45, 2.75) is 6.42 Å². The Kier molecular flexibility index (Phi) is 7.61. The van der Waals surface area contributed by atoms with E-state index in [0.717, 1.165) is 0 Å². The van der Waals surface area contributed by atoms with Crippen LogP contribution in [0.4, 0.5) is 11.5 Å². The molecular formula is C26H20ClN5O3S. The second-order valence-electron chi connectivity index (χ2n) is 7.62. The first kappa shape index (κ1) is 24.9. The van der Waals surface area contributed by atoms with Gasteiger partial charge in [0, 0.05) is 40.4 Å². The van der Waals surface area contributed by atoms with E-state index in [0.29, 0.717) is 38.0 Å². The molecule has 0 saturated carbocycles. The minimum absolute atomic E-state index is 0.0142. The van der Waals surface area contributed by atoms with Crippen molar-refractivity contribution in [3.63, 3.8) is 0 Å². The predicted octanol–water partition coefficient (Wildman–Crippen LogP) is 5.25. The number of nitrogens with zero attached hydrogens (tertiary/aromatic N) is 2. The van der Waals surface area contributed by atoms with Gasteiger partial charge in [0.15, 0.2) is 5.82 Å². The summed E-state index contributed by atoms with van der Waals surface area (Å²) in [6.45, 7) is 0.201. The van der Waals surface area contributed by atoms with Crippen molar-refractivity contribution in [3.05, 3.63) is 81.5 Å². The number of para-hydroxylation sites is 1. The normalized spacial score (nSPS) is 10.5. The Morgan fingerprint density at radius 3 is 2.56 bits per heavy atom. The van der Waals surface area contributed by atoms with Crippen molar-refractivity contribution in [1.82, 2.24) is 4.98 Å². The topological polar surface area (TPSA) is 141 Å². The number of pyridine rings is 1. The van der Waals surface area contributed by atoms with Gasteiger partial charge >= 0.3 is 0 Å². The van der Waals surface area contributed by atoms with E-state index < -0.39 is 5.91 Å². The van der Waals surface area contributed by atoms with Crippen LogP contribution in [-0.4, -0.2) is 28.4 Å².